The molecule has 8 N–H and O–H groups in total. The number of aliphatic imine (C=N–C) groups is 2. The van der Waals surface area contributed by atoms with Crippen LogP contribution < -0.4 is 10.6 Å². The third-order valence-electron chi connectivity index (χ3n) is 5.55. The molecule has 0 amide bonds. The summed E-state index contributed by atoms with van der Waals surface area (Å²) in [5.41, 5.74) is 9.01. The number of nitrogens with zero attached hydrogens (tertiary/aromatic N) is 2. The largest absolute Gasteiger partial charge is 2.00 e. The number of hydrogen-bond acceptors (Lipinski definition) is 4. The van der Waals surface area contributed by atoms with Crippen molar-refractivity contribution in [2.24, 2.45) is 9.98 Å². The summed E-state index contributed by atoms with van der Waals surface area (Å²) < 4.78 is 63.5. The number of aliphatic carboxylic acids is 2. The van der Waals surface area contributed by atoms with E-state index in [0.717, 1.165) is 22.7 Å². The Bertz CT molecular complexity index is 1500. The Kier molecular flexibility index (Phi) is 28.4. The summed E-state index contributed by atoms with van der Waals surface area (Å²) in [6.07, 6.45) is -6.73. The molecule has 0 saturated heterocycles. The van der Waals surface area contributed by atoms with Gasteiger partial charge in [0.05, 0.1) is 24.1 Å². The molecule has 288 valence electrons. The standard InChI is InChI=1S/2C15H16N2.2C2HF3O2.2H2O.2Rh/c2*1-12-3-7-14(8-4-12)16-11-17-15-9-5-13(2)6-10-15;2*3-2(4,5)1(6)7;;;;/h2*3-11H,1-2H3,(H,16,17);2*(H,6,7);2*1H2;;/q;;;;;;;+2. The van der Waals surface area contributed by atoms with Crippen molar-refractivity contribution in [1.29, 1.82) is 0 Å². The Balaban J connectivity index is -0.000000311. The third kappa shape index (κ3) is 25.5. The van der Waals surface area contributed by atoms with E-state index in [1.165, 1.54) is 22.3 Å². The molecular formula is C34H38F6N4O6Rh2+2. The van der Waals surface area contributed by atoms with Crippen LogP contribution in [0.25, 0.3) is 0 Å². The summed E-state index contributed by atoms with van der Waals surface area (Å²) in [4.78, 5) is 26.4. The van der Waals surface area contributed by atoms with Gasteiger partial charge >= 0.3 is 43.8 Å². The summed E-state index contributed by atoms with van der Waals surface area (Å²) >= 11 is 0. The van der Waals surface area contributed by atoms with Crippen LogP contribution in [-0.2, 0) is 48.5 Å². The molecule has 4 aromatic carbocycles. The van der Waals surface area contributed by atoms with Gasteiger partial charge in [-0.3, -0.25) is 0 Å². The molecule has 0 fully saturated rings. The van der Waals surface area contributed by atoms with E-state index >= 15 is 0 Å². The number of carboxylic acid groups (broad SMARTS) is 2. The second-order valence-electron chi connectivity index (χ2n) is 9.81. The number of aryl methyl sites for hydroxylation is 4. The van der Waals surface area contributed by atoms with Crippen molar-refractivity contribution >= 4 is 47.4 Å². The van der Waals surface area contributed by atoms with Crippen molar-refractivity contribution in [3.63, 3.8) is 0 Å². The summed E-state index contributed by atoms with van der Waals surface area (Å²) in [5.74, 6) is -5.51. The molecule has 2 radical (unpaired) electrons. The molecule has 4 rings (SSSR count). The first-order valence-corrected chi connectivity index (χ1v) is 13.8. The van der Waals surface area contributed by atoms with Crippen LogP contribution >= 0.6 is 0 Å². The van der Waals surface area contributed by atoms with E-state index in [9.17, 15) is 26.3 Å². The predicted molar refractivity (Wildman–Crippen MR) is 183 cm³/mol. The van der Waals surface area contributed by atoms with Crippen LogP contribution in [0.15, 0.2) is 107 Å². The zero-order chi connectivity index (χ0) is 36.3. The first-order valence-electron chi connectivity index (χ1n) is 13.8. The summed E-state index contributed by atoms with van der Waals surface area (Å²) in [7, 11) is 0. The number of nitrogens with one attached hydrogen (secondary N) is 2. The molecule has 0 atom stereocenters. The minimum atomic E-state index is -5.08. The molecular weight excluding hydrogens is 880 g/mol. The van der Waals surface area contributed by atoms with Gasteiger partial charge in [0, 0.05) is 30.9 Å². The molecule has 0 unspecified atom stereocenters. The van der Waals surface area contributed by atoms with Crippen LogP contribution in [0.4, 0.5) is 49.1 Å². The van der Waals surface area contributed by atoms with Crippen molar-refractivity contribution in [1.82, 2.24) is 0 Å². The zero-order valence-electron chi connectivity index (χ0n) is 27.9. The van der Waals surface area contributed by atoms with E-state index in [2.05, 4.69) is 96.8 Å². The molecule has 0 saturated carbocycles. The van der Waals surface area contributed by atoms with Crippen LogP contribution in [0.3, 0.4) is 0 Å². The maximum Gasteiger partial charge on any atom is 2.00 e. The number of benzene rings is 4. The summed E-state index contributed by atoms with van der Waals surface area (Å²) in [6, 6.07) is 32.7. The topological polar surface area (TPSA) is 186 Å². The van der Waals surface area contributed by atoms with Gasteiger partial charge in [0.25, 0.3) is 0 Å². The van der Waals surface area contributed by atoms with E-state index in [0.29, 0.717) is 0 Å². The Morgan fingerprint density at radius 1 is 0.519 bits per heavy atom. The average molecular weight is 919 g/mol. The quantitative estimate of drug-likeness (QED) is 0.0663. The Labute approximate surface area is 322 Å². The van der Waals surface area contributed by atoms with Crippen LogP contribution in [0.1, 0.15) is 22.3 Å². The predicted octanol–water partition coefficient (Wildman–Crippen LogP) is 7.76. The second-order valence-corrected chi connectivity index (χ2v) is 9.81. The van der Waals surface area contributed by atoms with Gasteiger partial charge in [0.2, 0.25) is 0 Å². The van der Waals surface area contributed by atoms with Crippen molar-refractivity contribution in [2.75, 3.05) is 10.6 Å². The molecule has 0 bridgehead atoms. The summed E-state index contributed by atoms with van der Waals surface area (Å²) in [5, 5.41) is 20.5. The van der Waals surface area contributed by atoms with Crippen LogP contribution in [0.5, 0.6) is 0 Å². The van der Waals surface area contributed by atoms with Crippen molar-refractivity contribution in [2.45, 2.75) is 40.0 Å². The van der Waals surface area contributed by atoms with Crippen molar-refractivity contribution < 1.29 is 96.1 Å². The van der Waals surface area contributed by atoms with Gasteiger partial charge in [-0.2, -0.15) is 26.3 Å². The van der Waals surface area contributed by atoms with Gasteiger partial charge < -0.3 is 31.8 Å². The Morgan fingerprint density at radius 3 is 0.904 bits per heavy atom. The molecule has 0 aliphatic carbocycles. The number of rotatable bonds is 6. The minimum Gasteiger partial charge on any atom is -0.475 e. The van der Waals surface area contributed by atoms with Gasteiger partial charge in [-0.15, -0.1) is 0 Å². The van der Waals surface area contributed by atoms with Gasteiger partial charge in [-0.05, 0) is 76.2 Å². The fraction of sp³-hybridized carbons (Fsp3) is 0.176. The SMILES string of the molecule is Cc1ccc(N=CNc2ccc(C)cc2)cc1.Cc1ccc(N=CNc2ccc(C)cc2)cc1.O.O.O=C(O)C(F)(F)F.O=C(O)C(F)(F)F.[Rh+2].[Rh]. The normalized spacial score (nSPS) is 10.0. The maximum absolute atomic E-state index is 10.6. The van der Waals surface area contributed by atoms with Crippen LogP contribution in [0.2, 0.25) is 0 Å². The van der Waals surface area contributed by atoms with E-state index in [-0.39, 0.29) is 49.9 Å². The molecule has 0 aliphatic heterocycles. The summed E-state index contributed by atoms with van der Waals surface area (Å²) in [6.45, 7) is 8.28. The third-order valence-corrected chi connectivity index (χ3v) is 5.55. The van der Waals surface area contributed by atoms with E-state index < -0.39 is 24.3 Å². The van der Waals surface area contributed by atoms with E-state index in [1.54, 1.807) is 12.7 Å². The molecule has 0 heterocycles. The smallest absolute Gasteiger partial charge is 0.475 e. The fourth-order valence-electron chi connectivity index (χ4n) is 2.92. The fourth-order valence-corrected chi connectivity index (χ4v) is 2.92. The molecule has 0 aliphatic rings. The van der Waals surface area contributed by atoms with E-state index in [1.807, 2.05) is 48.5 Å². The molecule has 4 aromatic rings. The first kappa shape index (κ1) is 54.3. The van der Waals surface area contributed by atoms with Gasteiger partial charge in [-0.25, -0.2) is 19.6 Å². The van der Waals surface area contributed by atoms with Crippen LogP contribution in [0, 0.1) is 27.7 Å². The zero-order valence-corrected chi connectivity index (χ0v) is 31.2. The average Bonchev–Trinajstić information content (AvgIpc) is 3.01. The minimum absolute atomic E-state index is 0. The first-order chi connectivity index (χ1) is 22.4. The number of carbonyl (C=O) groups is 2. The number of halogens is 6. The Hall–Kier alpha value is -4.49. The monoisotopic (exact) mass is 918 g/mol. The number of anilines is 2. The van der Waals surface area contributed by atoms with Gasteiger partial charge in [0.15, 0.2) is 0 Å². The maximum atomic E-state index is 10.6. The van der Waals surface area contributed by atoms with Crippen molar-refractivity contribution in [3.05, 3.63) is 119 Å². The second kappa shape index (κ2) is 27.2. The van der Waals surface area contributed by atoms with Gasteiger partial charge in [-0.1, -0.05) is 70.8 Å². The van der Waals surface area contributed by atoms with Gasteiger partial charge in [0.1, 0.15) is 0 Å². The number of alkyl halides is 6. The molecule has 0 aromatic heterocycles. The molecule has 0 spiro atoms. The van der Waals surface area contributed by atoms with Crippen LogP contribution in [-0.4, -0.2) is 58.1 Å². The van der Waals surface area contributed by atoms with Crippen molar-refractivity contribution in [3.8, 4) is 0 Å². The number of carboxylic acids is 2. The number of hydrogen-bond donors (Lipinski definition) is 4. The molecule has 10 nitrogen and oxygen atoms in total. The van der Waals surface area contributed by atoms with E-state index in [4.69, 9.17) is 19.8 Å². The molecule has 52 heavy (non-hydrogen) atoms. The Morgan fingerprint density at radius 2 is 0.712 bits per heavy atom. The molecule has 18 heteroatoms.